The summed E-state index contributed by atoms with van der Waals surface area (Å²) in [6, 6.07) is 9.69. The lowest BCUT2D eigenvalue weighted by Gasteiger charge is -2.26. The third-order valence-corrected chi connectivity index (χ3v) is 4.24. The van der Waals surface area contributed by atoms with E-state index in [9.17, 15) is 4.79 Å². The minimum Gasteiger partial charge on any atom is -0.379 e. The van der Waals surface area contributed by atoms with E-state index >= 15 is 0 Å². The predicted octanol–water partition coefficient (Wildman–Crippen LogP) is 1.46. The molecule has 0 radical (unpaired) electrons. The maximum Gasteiger partial charge on any atom is 0.270 e. The first-order valence-electron chi connectivity index (χ1n) is 8.91. The summed E-state index contributed by atoms with van der Waals surface area (Å²) in [4.78, 5) is 23.1. The first-order valence-corrected chi connectivity index (χ1v) is 8.91. The van der Waals surface area contributed by atoms with Crippen molar-refractivity contribution in [3.05, 3.63) is 53.3 Å². The van der Waals surface area contributed by atoms with Crippen molar-refractivity contribution in [1.29, 1.82) is 0 Å². The van der Waals surface area contributed by atoms with Crippen LogP contribution in [-0.4, -0.2) is 60.2 Å². The summed E-state index contributed by atoms with van der Waals surface area (Å²) in [6.07, 6.45) is 1.60. The van der Waals surface area contributed by atoms with Gasteiger partial charge in [0.1, 0.15) is 5.69 Å². The van der Waals surface area contributed by atoms with Gasteiger partial charge in [0.25, 0.3) is 5.91 Å². The molecule has 0 bridgehead atoms. The topological polar surface area (TPSA) is 79.4 Å². The molecule has 1 aliphatic rings. The summed E-state index contributed by atoms with van der Waals surface area (Å²) < 4.78 is 5.34. The number of carbonyl (C=O) groups excluding carboxylic acids is 1. The zero-order chi connectivity index (χ0) is 18.2. The smallest absolute Gasteiger partial charge is 0.270 e. The van der Waals surface area contributed by atoms with Gasteiger partial charge in [-0.3, -0.25) is 9.69 Å². The standard InChI is InChI=1S/C19H25N5O2/c1-15-3-2-4-16(13-15)14-22-18(25)17-5-6-20-19(23-17)21-7-8-24-9-11-26-12-10-24/h2-6,13H,7-12,14H2,1H3,(H,22,25)(H,20,21,23). The largest absolute Gasteiger partial charge is 0.379 e. The summed E-state index contributed by atoms with van der Waals surface area (Å²) in [5.41, 5.74) is 2.60. The second-order valence-corrected chi connectivity index (χ2v) is 6.32. The van der Waals surface area contributed by atoms with Crippen molar-refractivity contribution < 1.29 is 9.53 Å². The number of benzene rings is 1. The Morgan fingerprint density at radius 2 is 2.12 bits per heavy atom. The minimum absolute atomic E-state index is 0.204. The lowest BCUT2D eigenvalue weighted by atomic mass is 10.1. The zero-order valence-corrected chi connectivity index (χ0v) is 15.1. The molecule has 1 fully saturated rings. The number of ether oxygens (including phenoxy) is 1. The molecule has 138 valence electrons. The molecule has 3 rings (SSSR count). The van der Waals surface area contributed by atoms with E-state index in [1.54, 1.807) is 12.3 Å². The maximum atomic E-state index is 12.3. The molecular weight excluding hydrogens is 330 g/mol. The molecule has 1 aliphatic heterocycles. The summed E-state index contributed by atoms with van der Waals surface area (Å²) in [7, 11) is 0. The molecule has 1 aromatic carbocycles. The van der Waals surface area contributed by atoms with E-state index in [0.29, 0.717) is 18.2 Å². The van der Waals surface area contributed by atoms with Gasteiger partial charge in [-0.25, -0.2) is 9.97 Å². The maximum absolute atomic E-state index is 12.3. The Balaban J connectivity index is 1.48. The van der Waals surface area contributed by atoms with Gasteiger partial charge in [-0.15, -0.1) is 0 Å². The lowest BCUT2D eigenvalue weighted by molar-refractivity contribution is 0.0398. The number of morpholine rings is 1. The van der Waals surface area contributed by atoms with E-state index in [2.05, 4.69) is 31.6 Å². The highest BCUT2D eigenvalue weighted by atomic mass is 16.5. The number of aryl methyl sites for hydroxylation is 1. The van der Waals surface area contributed by atoms with Gasteiger partial charge in [-0.2, -0.15) is 0 Å². The molecule has 0 spiro atoms. The van der Waals surface area contributed by atoms with E-state index in [1.165, 1.54) is 5.56 Å². The number of nitrogens with one attached hydrogen (secondary N) is 2. The van der Waals surface area contributed by atoms with Gasteiger partial charge in [-0.05, 0) is 18.6 Å². The van der Waals surface area contributed by atoms with E-state index in [1.807, 2.05) is 25.1 Å². The average molecular weight is 355 g/mol. The van der Waals surface area contributed by atoms with E-state index in [-0.39, 0.29) is 5.91 Å². The van der Waals surface area contributed by atoms with Crippen LogP contribution in [0.25, 0.3) is 0 Å². The Morgan fingerprint density at radius 3 is 2.92 bits per heavy atom. The minimum atomic E-state index is -0.204. The van der Waals surface area contributed by atoms with Crippen LogP contribution < -0.4 is 10.6 Å². The van der Waals surface area contributed by atoms with Crippen molar-refractivity contribution in [3.8, 4) is 0 Å². The number of hydrogen-bond acceptors (Lipinski definition) is 6. The van der Waals surface area contributed by atoms with Crippen molar-refractivity contribution in [2.45, 2.75) is 13.5 Å². The Hall–Kier alpha value is -2.51. The zero-order valence-electron chi connectivity index (χ0n) is 15.1. The van der Waals surface area contributed by atoms with Crippen molar-refractivity contribution in [3.63, 3.8) is 0 Å². The van der Waals surface area contributed by atoms with E-state index < -0.39 is 0 Å². The molecule has 2 aromatic rings. The molecular formula is C19H25N5O2. The van der Waals surface area contributed by atoms with E-state index in [0.717, 1.165) is 45.0 Å². The SMILES string of the molecule is Cc1cccc(CNC(=O)c2ccnc(NCCN3CCOCC3)n2)c1. The molecule has 0 atom stereocenters. The number of amides is 1. The highest BCUT2D eigenvalue weighted by Gasteiger charge is 2.11. The molecule has 1 saturated heterocycles. The Morgan fingerprint density at radius 1 is 1.27 bits per heavy atom. The van der Waals surface area contributed by atoms with Crippen LogP contribution in [0.5, 0.6) is 0 Å². The van der Waals surface area contributed by atoms with Gasteiger partial charge in [-0.1, -0.05) is 29.8 Å². The number of nitrogens with zero attached hydrogens (tertiary/aromatic N) is 3. The van der Waals surface area contributed by atoms with Crippen molar-refractivity contribution in [2.24, 2.45) is 0 Å². The van der Waals surface area contributed by atoms with Gasteiger partial charge in [0.05, 0.1) is 13.2 Å². The number of hydrogen-bond donors (Lipinski definition) is 2. The van der Waals surface area contributed by atoms with Gasteiger partial charge in [0, 0.05) is 38.9 Å². The lowest BCUT2D eigenvalue weighted by Crippen LogP contribution is -2.39. The highest BCUT2D eigenvalue weighted by molar-refractivity contribution is 5.92. The van der Waals surface area contributed by atoms with Crippen LogP contribution in [0.2, 0.25) is 0 Å². The highest BCUT2D eigenvalue weighted by Crippen LogP contribution is 2.05. The molecule has 26 heavy (non-hydrogen) atoms. The van der Waals surface area contributed by atoms with Crippen LogP contribution in [0, 0.1) is 6.92 Å². The van der Waals surface area contributed by atoms with Gasteiger partial charge in [0.2, 0.25) is 5.95 Å². The van der Waals surface area contributed by atoms with Gasteiger partial charge < -0.3 is 15.4 Å². The number of aromatic nitrogens is 2. The number of rotatable bonds is 7. The summed E-state index contributed by atoms with van der Waals surface area (Å²) in [5, 5.41) is 6.08. The van der Waals surface area contributed by atoms with Crippen molar-refractivity contribution >= 4 is 11.9 Å². The van der Waals surface area contributed by atoms with Crippen LogP contribution in [0.4, 0.5) is 5.95 Å². The van der Waals surface area contributed by atoms with Gasteiger partial charge >= 0.3 is 0 Å². The Bertz CT molecular complexity index is 731. The fourth-order valence-electron chi connectivity index (χ4n) is 2.82. The normalized spacial score (nSPS) is 14.8. The predicted molar refractivity (Wildman–Crippen MR) is 100 cm³/mol. The molecule has 0 aliphatic carbocycles. The average Bonchev–Trinajstić information content (AvgIpc) is 2.67. The summed E-state index contributed by atoms with van der Waals surface area (Å²) in [6.45, 7) is 7.61. The summed E-state index contributed by atoms with van der Waals surface area (Å²) in [5.74, 6) is 0.270. The fraction of sp³-hybridized carbons (Fsp3) is 0.421. The third kappa shape index (κ3) is 5.50. The first-order chi connectivity index (χ1) is 12.7. The molecule has 2 heterocycles. The molecule has 7 heteroatoms. The van der Waals surface area contributed by atoms with Crippen molar-refractivity contribution in [1.82, 2.24) is 20.2 Å². The van der Waals surface area contributed by atoms with E-state index in [4.69, 9.17) is 4.74 Å². The van der Waals surface area contributed by atoms with Gasteiger partial charge in [0.15, 0.2) is 0 Å². The monoisotopic (exact) mass is 355 g/mol. The van der Waals surface area contributed by atoms with Crippen LogP contribution in [-0.2, 0) is 11.3 Å². The fourth-order valence-corrected chi connectivity index (χ4v) is 2.82. The molecule has 0 unspecified atom stereocenters. The second-order valence-electron chi connectivity index (χ2n) is 6.32. The number of carbonyl (C=O) groups is 1. The molecule has 1 amide bonds. The first kappa shape index (κ1) is 18.3. The second kappa shape index (κ2) is 9.26. The number of anilines is 1. The quantitative estimate of drug-likeness (QED) is 0.783. The van der Waals surface area contributed by atoms with Crippen LogP contribution in [0.3, 0.4) is 0 Å². The Kier molecular flexibility index (Phi) is 6.51. The van der Waals surface area contributed by atoms with Crippen LogP contribution in [0.1, 0.15) is 21.6 Å². The van der Waals surface area contributed by atoms with Crippen molar-refractivity contribution in [2.75, 3.05) is 44.7 Å². The van der Waals surface area contributed by atoms with Crippen LogP contribution >= 0.6 is 0 Å². The molecule has 7 nitrogen and oxygen atoms in total. The van der Waals surface area contributed by atoms with Crippen LogP contribution in [0.15, 0.2) is 36.5 Å². The molecule has 1 aromatic heterocycles. The molecule has 0 saturated carbocycles. The Labute approximate surface area is 153 Å². The summed E-state index contributed by atoms with van der Waals surface area (Å²) >= 11 is 0. The molecule has 2 N–H and O–H groups in total. The third-order valence-electron chi connectivity index (χ3n) is 4.24.